The summed E-state index contributed by atoms with van der Waals surface area (Å²) < 4.78 is 1.90. The zero-order valence-corrected chi connectivity index (χ0v) is 12.3. The Balaban J connectivity index is 1.73. The van der Waals surface area contributed by atoms with Crippen LogP contribution in [0.3, 0.4) is 0 Å². The van der Waals surface area contributed by atoms with E-state index in [0.29, 0.717) is 0 Å². The Hall–Kier alpha value is -2.43. The standard InChI is InChI=1S/C16H18N4O/c1-11-7-8-13(9-11)18-19-16(21)10-20-12(2)17-14-5-3-4-6-15(14)20/h3-6,9H,7-8,10H2,1-2H3,(H,19,21)/b18-13-. The van der Waals surface area contributed by atoms with Crippen molar-refractivity contribution in [2.75, 3.05) is 0 Å². The van der Waals surface area contributed by atoms with Crippen molar-refractivity contribution in [3.8, 4) is 0 Å². The minimum atomic E-state index is -0.133. The molecular weight excluding hydrogens is 264 g/mol. The summed E-state index contributed by atoms with van der Waals surface area (Å²) >= 11 is 0. The molecule has 0 aliphatic heterocycles. The molecular formula is C16H18N4O. The van der Waals surface area contributed by atoms with Crippen molar-refractivity contribution in [3.63, 3.8) is 0 Å². The molecule has 1 aliphatic rings. The van der Waals surface area contributed by atoms with Gasteiger partial charge in [-0.3, -0.25) is 4.79 Å². The van der Waals surface area contributed by atoms with Gasteiger partial charge in [-0.1, -0.05) is 17.7 Å². The minimum Gasteiger partial charge on any atom is -0.319 e. The SMILES string of the molecule is CC1=C/C(=N\NC(=O)Cn2c(C)nc3ccccc32)CC1. The maximum Gasteiger partial charge on any atom is 0.260 e. The van der Waals surface area contributed by atoms with Gasteiger partial charge in [-0.15, -0.1) is 0 Å². The van der Waals surface area contributed by atoms with Crippen LogP contribution >= 0.6 is 0 Å². The quantitative estimate of drug-likeness (QED) is 0.879. The molecule has 0 atom stereocenters. The third-order valence-corrected chi connectivity index (χ3v) is 3.66. The van der Waals surface area contributed by atoms with Crippen molar-refractivity contribution in [2.45, 2.75) is 33.2 Å². The zero-order chi connectivity index (χ0) is 14.8. The van der Waals surface area contributed by atoms with Gasteiger partial charge in [0, 0.05) is 0 Å². The van der Waals surface area contributed by atoms with E-state index in [1.165, 1.54) is 5.57 Å². The average molecular weight is 282 g/mol. The Morgan fingerprint density at radius 3 is 2.90 bits per heavy atom. The molecule has 0 spiro atoms. The number of benzene rings is 1. The third-order valence-electron chi connectivity index (χ3n) is 3.66. The number of nitrogens with zero attached hydrogens (tertiary/aromatic N) is 3. The fourth-order valence-corrected chi connectivity index (χ4v) is 2.55. The summed E-state index contributed by atoms with van der Waals surface area (Å²) in [4.78, 5) is 16.5. The van der Waals surface area contributed by atoms with Crippen LogP contribution < -0.4 is 5.43 Å². The number of nitrogens with one attached hydrogen (secondary N) is 1. The molecule has 2 aromatic rings. The van der Waals surface area contributed by atoms with Gasteiger partial charge in [0.2, 0.25) is 0 Å². The molecule has 21 heavy (non-hydrogen) atoms. The summed E-state index contributed by atoms with van der Waals surface area (Å²) in [5.41, 5.74) is 6.75. The van der Waals surface area contributed by atoms with Crippen LogP contribution in [-0.2, 0) is 11.3 Å². The predicted molar refractivity (Wildman–Crippen MR) is 83.0 cm³/mol. The van der Waals surface area contributed by atoms with Crippen molar-refractivity contribution in [2.24, 2.45) is 5.10 Å². The van der Waals surface area contributed by atoms with Crippen LogP contribution in [0, 0.1) is 6.92 Å². The van der Waals surface area contributed by atoms with E-state index in [0.717, 1.165) is 35.4 Å². The normalized spacial score (nSPS) is 16.5. The molecule has 3 rings (SSSR count). The van der Waals surface area contributed by atoms with Gasteiger partial charge in [0.15, 0.2) is 0 Å². The maximum absolute atomic E-state index is 12.1. The van der Waals surface area contributed by atoms with Crippen LogP contribution in [-0.4, -0.2) is 21.2 Å². The second kappa shape index (κ2) is 5.52. The fourth-order valence-electron chi connectivity index (χ4n) is 2.55. The summed E-state index contributed by atoms with van der Waals surface area (Å²) in [5.74, 6) is 0.697. The van der Waals surface area contributed by atoms with E-state index >= 15 is 0 Å². The van der Waals surface area contributed by atoms with Gasteiger partial charge in [-0.05, 0) is 44.9 Å². The molecule has 5 nitrogen and oxygen atoms in total. The number of hydrogen-bond acceptors (Lipinski definition) is 3. The largest absolute Gasteiger partial charge is 0.319 e. The predicted octanol–water partition coefficient (Wildman–Crippen LogP) is 2.56. The van der Waals surface area contributed by atoms with Crippen LogP contribution in [0.5, 0.6) is 0 Å². The van der Waals surface area contributed by atoms with Gasteiger partial charge < -0.3 is 4.57 Å². The number of hydrazone groups is 1. The number of carbonyl (C=O) groups is 1. The van der Waals surface area contributed by atoms with E-state index in [9.17, 15) is 4.79 Å². The monoisotopic (exact) mass is 282 g/mol. The molecule has 1 aliphatic carbocycles. The maximum atomic E-state index is 12.1. The van der Waals surface area contributed by atoms with Gasteiger partial charge in [-0.25, -0.2) is 10.4 Å². The minimum absolute atomic E-state index is 0.133. The van der Waals surface area contributed by atoms with Crippen molar-refractivity contribution in [1.29, 1.82) is 0 Å². The van der Waals surface area contributed by atoms with E-state index < -0.39 is 0 Å². The Labute approximate surface area is 123 Å². The van der Waals surface area contributed by atoms with Crippen LogP contribution in [0.4, 0.5) is 0 Å². The number of rotatable bonds is 3. The number of para-hydroxylation sites is 2. The number of carbonyl (C=O) groups excluding carboxylic acids is 1. The van der Waals surface area contributed by atoms with Crippen molar-refractivity contribution >= 4 is 22.7 Å². The highest BCUT2D eigenvalue weighted by molar-refractivity contribution is 5.98. The van der Waals surface area contributed by atoms with Crippen molar-refractivity contribution in [1.82, 2.24) is 15.0 Å². The molecule has 0 saturated carbocycles. The number of amides is 1. The fraction of sp³-hybridized carbons (Fsp3) is 0.312. The highest BCUT2D eigenvalue weighted by atomic mass is 16.2. The van der Waals surface area contributed by atoms with E-state index in [1.54, 1.807) is 0 Å². The average Bonchev–Trinajstić information content (AvgIpc) is 3.01. The Morgan fingerprint density at radius 1 is 1.33 bits per heavy atom. The Morgan fingerprint density at radius 2 is 2.14 bits per heavy atom. The molecule has 0 bridgehead atoms. The van der Waals surface area contributed by atoms with E-state index in [2.05, 4.69) is 22.4 Å². The van der Waals surface area contributed by atoms with Crippen molar-refractivity contribution in [3.05, 3.63) is 41.7 Å². The topological polar surface area (TPSA) is 59.3 Å². The lowest BCUT2D eigenvalue weighted by molar-refractivity contribution is -0.121. The molecule has 1 heterocycles. The van der Waals surface area contributed by atoms with Crippen LogP contribution in [0.1, 0.15) is 25.6 Å². The van der Waals surface area contributed by atoms with Gasteiger partial charge in [-0.2, -0.15) is 5.10 Å². The highest BCUT2D eigenvalue weighted by Gasteiger charge is 2.11. The van der Waals surface area contributed by atoms with Crippen LogP contribution in [0.25, 0.3) is 11.0 Å². The lowest BCUT2D eigenvalue weighted by Gasteiger charge is -2.05. The molecule has 1 aromatic heterocycles. The van der Waals surface area contributed by atoms with Gasteiger partial charge in [0.1, 0.15) is 12.4 Å². The van der Waals surface area contributed by atoms with Gasteiger partial charge in [0.25, 0.3) is 5.91 Å². The molecule has 0 fully saturated rings. The highest BCUT2D eigenvalue weighted by Crippen LogP contribution is 2.16. The van der Waals surface area contributed by atoms with Crippen LogP contribution in [0.2, 0.25) is 0 Å². The number of allylic oxidation sites excluding steroid dienone is 2. The lowest BCUT2D eigenvalue weighted by atomic mass is 10.3. The number of hydrogen-bond donors (Lipinski definition) is 1. The van der Waals surface area contributed by atoms with Gasteiger partial charge >= 0.3 is 0 Å². The first kappa shape index (κ1) is 13.5. The summed E-state index contributed by atoms with van der Waals surface area (Å²) in [5, 5.41) is 4.17. The van der Waals surface area contributed by atoms with Crippen LogP contribution in [0.15, 0.2) is 41.0 Å². The molecule has 1 aromatic carbocycles. The Kier molecular flexibility index (Phi) is 3.56. The van der Waals surface area contributed by atoms with E-state index in [4.69, 9.17) is 0 Å². The Bertz CT molecular complexity index is 755. The van der Waals surface area contributed by atoms with Crippen molar-refractivity contribution < 1.29 is 4.79 Å². The van der Waals surface area contributed by atoms with Gasteiger partial charge in [0.05, 0.1) is 16.7 Å². The summed E-state index contributed by atoms with van der Waals surface area (Å²) in [7, 11) is 0. The first-order chi connectivity index (χ1) is 10.1. The molecule has 0 saturated heterocycles. The molecule has 0 unspecified atom stereocenters. The second-order valence-corrected chi connectivity index (χ2v) is 5.36. The molecule has 1 amide bonds. The number of imidazole rings is 1. The number of fused-ring (bicyclic) bond motifs is 1. The molecule has 1 N–H and O–H groups in total. The van der Waals surface area contributed by atoms with E-state index in [-0.39, 0.29) is 12.5 Å². The smallest absolute Gasteiger partial charge is 0.260 e. The number of aryl methyl sites for hydroxylation is 1. The zero-order valence-electron chi connectivity index (χ0n) is 12.3. The first-order valence-electron chi connectivity index (χ1n) is 7.08. The molecule has 5 heteroatoms. The first-order valence-corrected chi connectivity index (χ1v) is 7.08. The summed E-state index contributed by atoms with van der Waals surface area (Å²) in [6.07, 6.45) is 3.96. The second-order valence-electron chi connectivity index (χ2n) is 5.36. The number of aromatic nitrogens is 2. The molecule has 108 valence electrons. The van der Waals surface area contributed by atoms with E-state index in [1.807, 2.05) is 41.8 Å². The molecule has 0 radical (unpaired) electrons. The summed E-state index contributed by atoms with van der Waals surface area (Å²) in [6, 6.07) is 7.81. The third kappa shape index (κ3) is 2.86. The summed E-state index contributed by atoms with van der Waals surface area (Å²) in [6.45, 7) is 4.21. The lowest BCUT2D eigenvalue weighted by Crippen LogP contribution is -2.24.